The molecular weight excluding hydrogens is 472 g/mol. The average molecular weight is 515 g/mol. The highest BCUT2D eigenvalue weighted by Crippen LogP contribution is 2.17. The summed E-state index contributed by atoms with van der Waals surface area (Å²) in [5.41, 5.74) is 3.84. The molecule has 0 radical (unpaired) electrons. The second-order valence-electron chi connectivity index (χ2n) is 10.3. The fourth-order valence-corrected chi connectivity index (χ4v) is 5.01. The summed E-state index contributed by atoms with van der Waals surface area (Å²) in [5, 5.41) is 3.42. The van der Waals surface area contributed by atoms with Gasteiger partial charge in [0.05, 0.1) is 6.54 Å². The van der Waals surface area contributed by atoms with E-state index in [0.717, 1.165) is 69.1 Å². The second-order valence-corrected chi connectivity index (χ2v) is 10.3. The molecule has 0 aliphatic carbocycles. The maximum absolute atomic E-state index is 13.3. The topological polar surface area (TPSA) is 56.6 Å². The van der Waals surface area contributed by atoms with Gasteiger partial charge in [-0.05, 0) is 43.1 Å². The van der Waals surface area contributed by atoms with E-state index in [-0.39, 0.29) is 11.9 Å². The standard InChI is InChI=1S/C31H42N6O/c1-5-16-36(17-6-2)22-26-8-7-9-28(20-26)31(38)27-12-10-25(11-13-27)21-37(23-29-32-14-18-34(29)3)24-30-33-15-19-35(30)4/h7-15,18-20,29,32H,5-6,16-17,21-24H2,1-4H3. The third-order valence-corrected chi connectivity index (χ3v) is 7.10. The van der Waals surface area contributed by atoms with Crippen molar-refractivity contribution in [3.63, 3.8) is 0 Å². The minimum absolute atomic E-state index is 0.0728. The van der Waals surface area contributed by atoms with E-state index in [1.165, 1.54) is 11.1 Å². The van der Waals surface area contributed by atoms with Crippen molar-refractivity contribution in [1.29, 1.82) is 0 Å². The largest absolute Gasteiger partial charge is 0.369 e. The van der Waals surface area contributed by atoms with Gasteiger partial charge in [-0.1, -0.05) is 56.3 Å². The molecule has 0 bridgehead atoms. The van der Waals surface area contributed by atoms with Crippen LogP contribution in [0.5, 0.6) is 0 Å². The van der Waals surface area contributed by atoms with E-state index in [2.05, 4.69) is 80.9 Å². The second kappa shape index (κ2) is 13.4. The first-order valence-electron chi connectivity index (χ1n) is 13.7. The SMILES string of the molecule is CCCN(CCC)Cc1cccc(C(=O)c2ccc(CN(Cc3nccn3C)CC3NC=CN3C)cc2)c1. The summed E-state index contributed by atoms with van der Waals surface area (Å²) >= 11 is 0. The number of hydrogen-bond acceptors (Lipinski definition) is 6. The van der Waals surface area contributed by atoms with Crippen molar-refractivity contribution >= 4 is 5.78 Å². The number of nitrogens with one attached hydrogen (secondary N) is 1. The molecule has 202 valence electrons. The van der Waals surface area contributed by atoms with Gasteiger partial charge in [-0.25, -0.2) is 4.98 Å². The van der Waals surface area contributed by atoms with E-state index < -0.39 is 0 Å². The highest BCUT2D eigenvalue weighted by molar-refractivity contribution is 6.09. The summed E-state index contributed by atoms with van der Waals surface area (Å²) in [4.78, 5) is 24.9. The van der Waals surface area contributed by atoms with Gasteiger partial charge >= 0.3 is 0 Å². The van der Waals surface area contributed by atoms with E-state index in [1.54, 1.807) is 0 Å². The quantitative estimate of drug-likeness (QED) is 0.317. The molecule has 3 aromatic rings. The van der Waals surface area contributed by atoms with Crippen molar-refractivity contribution in [2.75, 3.05) is 26.7 Å². The Hall–Kier alpha value is -3.42. The number of carbonyl (C=O) groups is 1. The minimum Gasteiger partial charge on any atom is -0.369 e. The minimum atomic E-state index is 0.0728. The third kappa shape index (κ3) is 7.33. The lowest BCUT2D eigenvalue weighted by molar-refractivity contribution is 0.103. The average Bonchev–Trinajstić information content (AvgIpc) is 3.51. The molecule has 38 heavy (non-hydrogen) atoms. The van der Waals surface area contributed by atoms with Gasteiger partial charge in [0.2, 0.25) is 0 Å². The van der Waals surface area contributed by atoms with Crippen LogP contribution in [0.15, 0.2) is 73.3 Å². The number of aryl methyl sites for hydroxylation is 1. The summed E-state index contributed by atoms with van der Waals surface area (Å²) in [6.45, 7) is 9.83. The lowest BCUT2D eigenvalue weighted by atomic mass is 10.00. The molecule has 1 N–H and O–H groups in total. The molecule has 7 heteroatoms. The van der Waals surface area contributed by atoms with Crippen LogP contribution >= 0.6 is 0 Å². The van der Waals surface area contributed by atoms with E-state index in [9.17, 15) is 4.79 Å². The van der Waals surface area contributed by atoms with Gasteiger partial charge in [0.15, 0.2) is 5.78 Å². The molecule has 2 heterocycles. The molecule has 1 unspecified atom stereocenters. The van der Waals surface area contributed by atoms with Crippen LogP contribution in [0.2, 0.25) is 0 Å². The summed E-state index contributed by atoms with van der Waals surface area (Å²) in [5.74, 6) is 1.10. The Labute approximate surface area is 227 Å². The molecule has 0 saturated heterocycles. The summed E-state index contributed by atoms with van der Waals surface area (Å²) in [7, 11) is 4.11. The fourth-order valence-electron chi connectivity index (χ4n) is 5.01. The van der Waals surface area contributed by atoms with Crippen LogP contribution in [0.3, 0.4) is 0 Å². The monoisotopic (exact) mass is 514 g/mol. The molecule has 4 rings (SSSR count). The highest BCUT2D eigenvalue weighted by Gasteiger charge is 2.20. The predicted octanol–water partition coefficient (Wildman–Crippen LogP) is 4.61. The predicted molar refractivity (Wildman–Crippen MR) is 153 cm³/mol. The zero-order chi connectivity index (χ0) is 26.9. The number of imidazole rings is 1. The van der Waals surface area contributed by atoms with E-state index in [0.29, 0.717) is 0 Å². The lowest BCUT2D eigenvalue weighted by Gasteiger charge is -2.29. The van der Waals surface area contributed by atoms with Crippen molar-refractivity contribution in [2.45, 2.75) is 52.5 Å². The Morgan fingerprint density at radius 3 is 2.29 bits per heavy atom. The van der Waals surface area contributed by atoms with Crippen LogP contribution in [0.4, 0.5) is 0 Å². The van der Waals surface area contributed by atoms with E-state index in [4.69, 9.17) is 0 Å². The smallest absolute Gasteiger partial charge is 0.193 e. The molecule has 2 aromatic carbocycles. The van der Waals surface area contributed by atoms with Gasteiger partial charge in [-0.15, -0.1) is 0 Å². The van der Waals surface area contributed by atoms with Gasteiger partial charge < -0.3 is 14.8 Å². The number of likely N-dealkylation sites (N-methyl/N-ethyl adjacent to an activating group) is 1. The maximum Gasteiger partial charge on any atom is 0.193 e. The Morgan fingerprint density at radius 1 is 0.921 bits per heavy atom. The summed E-state index contributed by atoms with van der Waals surface area (Å²) in [6.07, 6.45) is 10.4. The van der Waals surface area contributed by atoms with Crippen molar-refractivity contribution in [1.82, 2.24) is 29.6 Å². The zero-order valence-electron chi connectivity index (χ0n) is 23.3. The molecule has 1 aliphatic heterocycles. The van der Waals surface area contributed by atoms with Crippen LogP contribution in [-0.4, -0.2) is 62.9 Å². The van der Waals surface area contributed by atoms with Crippen molar-refractivity contribution in [3.8, 4) is 0 Å². The summed E-state index contributed by atoms with van der Waals surface area (Å²) in [6, 6.07) is 16.2. The number of carbonyl (C=O) groups excluding carboxylic acids is 1. The van der Waals surface area contributed by atoms with Crippen LogP contribution in [-0.2, 0) is 26.7 Å². The Kier molecular flexibility index (Phi) is 9.73. The molecule has 1 aliphatic rings. The Balaban J connectivity index is 1.43. The van der Waals surface area contributed by atoms with Gasteiger partial charge in [-0.3, -0.25) is 14.6 Å². The molecule has 0 amide bonds. The number of aromatic nitrogens is 2. The number of nitrogens with zero attached hydrogens (tertiary/aromatic N) is 5. The van der Waals surface area contributed by atoms with Crippen LogP contribution < -0.4 is 5.32 Å². The van der Waals surface area contributed by atoms with E-state index in [1.807, 2.05) is 49.9 Å². The summed E-state index contributed by atoms with van der Waals surface area (Å²) < 4.78 is 2.07. The van der Waals surface area contributed by atoms with Gasteiger partial charge in [0, 0.05) is 69.7 Å². The third-order valence-electron chi connectivity index (χ3n) is 7.10. The number of ketones is 1. The maximum atomic E-state index is 13.3. The zero-order valence-corrected chi connectivity index (χ0v) is 23.3. The molecule has 7 nitrogen and oxygen atoms in total. The van der Waals surface area contributed by atoms with Crippen LogP contribution in [0.1, 0.15) is 59.6 Å². The molecule has 1 aromatic heterocycles. The normalized spacial score (nSPS) is 15.0. The van der Waals surface area contributed by atoms with Crippen molar-refractivity contribution < 1.29 is 4.79 Å². The first-order valence-corrected chi connectivity index (χ1v) is 13.7. The highest BCUT2D eigenvalue weighted by atomic mass is 16.1. The first-order chi connectivity index (χ1) is 18.5. The fraction of sp³-hybridized carbons (Fsp3) is 0.419. The molecular formula is C31H42N6O. The van der Waals surface area contributed by atoms with E-state index >= 15 is 0 Å². The molecule has 0 fully saturated rings. The van der Waals surface area contributed by atoms with Gasteiger partial charge in [0.25, 0.3) is 0 Å². The molecule has 0 spiro atoms. The molecule has 1 atom stereocenters. The number of benzene rings is 2. The van der Waals surface area contributed by atoms with Crippen LogP contribution in [0, 0.1) is 0 Å². The number of rotatable bonds is 14. The Morgan fingerprint density at radius 2 is 1.66 bits per heavy atom. The van der Waals surface area contributed by atoms with Crippen LogP contribution in [0.25, 0.3) is 0 Å². The van der Waals surface area contributed by atoms with Crippen molar-refractivity contribution in [3.05, 3.63) is 101 Å². The van der Waals surface area contributed by atoms with Gasteiger partial charge in [0.1, 0.15) is 12.0 Å². The lowest BCUT2D eigenvalue weighted by Crippen LogP contribution is -2.43. The molecule has 0 saturated carbocycles. The van der Waals surface area contributed by atoms with Crippen molar-refractivity contribution in [2.24, 2.45) is 7.05 Å². The Bertz CT molecular complexity index is 1200. The first kappa shape index (κ1) is 27.6. The van der Waals surface area contributed by atoms with Gasteiger partial charge in [-0.2, -0.15) is 0 Å². The number of hydrogen-bond donors (Lipinski definition) is 1.